The lowest BCUT2D eigenvalue weighted by atomic mass is 10.3. The molecule has 0 aliphatic carbocycles. The van der Waals surface area contributed by atoms with Crippen LogP contribution in [0.15, 0.2) is 72.2 Å². The number of para-hydroxylation sites is 1. The Kier molecular flexibility index (Phi) is 4.24. The summed E-state index contributed by atoms with van der Waals surface area (Å²) in [6.07, 6.45) is 3.48. The lowest BCUT2D eigenvalue weighted by Crippen LogP contribution is -2.10. The highest BCUT2D eigenvalue weighted by Gasteiger charge is 2.05. The van der Waals surface area contributed by atoms with Gasteiger partial charge in [-0.3, -0.25) is 0 Å². The zero-order chi connectivity index (χ0) is 16.1. The normalized spacial score (nSPS) is 10.1. The Hall–Kier alpha value is -3.28. The molecule has 1 aromatic heterocycles. The summed E-state index contributed by atoms with van der Waals surface area (Å²) in [6, 6.07) is 16.8. The number of hydrogen-bond acceptors (Lipinski definition) is 6. The zero-order valence-electron chi connectivity index (χ0n) is 12.5. The van der Waals surface area contributed by atoms with Gasteiger partial charge in [0.25, 0.3) is 0 Å². The number of hydrogen-bond donors (Lipinski definition) is 1. The maximum absolute atomic E-state index is 10.6. The molecule has 0 saturated heterocycles. The minimum Gasteiger partial charge on any atom is -0.342 e. The highest BCUT2D eigenvalue weighted by molar-refractivity contribution is 5.63. The van der Waals surface area contributed by atoms with E-state index in [9.17, 15) is 4.91 Å². The van der Waals surface area contributed by atoms with Crippen LogP contribution in [0, 0.1) is 4.91 Å². The van der Waals surface area contributed by atoms with Crippen molar-refractivity contribution >= 4 is 28.7 Å². The van der Waals surface area contributed by atoms with Crippen molar-refractivity contribution in [3.05, 3.63) is 71.9 Å². The Balaban J connectivity index is 1.75. The Labute approximate surface area is 133 Å². The molecule has 3 aromatic rings. The lowest BCUT2D eigenvalue weighted by Gasteiger charge is -2.18. The molecule has 3 rings (SSSR count). The average Bonchev–Trinajstić information content (AvgIpc) is 2.63. The molecule has 1 N–H and O–H groups in total. The summed E-state index contributed by atoms with van der Waals surface area (Å²) >= 11 is 0. The summed E-state index contributed by atoms with van der Waals surface area (Å²) in [5, 5.41) is 5.95. The summed E-state index contributed by atoms with van der Waals surface area (Å²) in [5.41, 5.74) is 3.01. The van der Waals surface area contributed by atoms with Gasteiger partial charge in [0.1, 0.15) is 5.69 Å². The monoisotopic (exact) mass is 305 g/mol. The summed E-state index contributed by atoms with van der Waals surface area (Å²) in [5.74, 6) is 0.457. The van der Waals surface area contributed by atoms with E-state index in [1.165, 1.54) is 0 Å². The molecule has 6 heteroatoms. The highest BCUT2D eigenvalue weighted by Crippen LogP contribution is 2.23. The third-order valence-electron chi connectivity index (χ3n) is 3.38. The Morgan fingerprint density at radius 1 is 0.957 bits per heavy atom. The fourth-order valence-electron chi connectivity index (χ4n) is 2.13. The van der Waals surface area contributed by atoms with E-state index in [-0.39, 0.29) is 0 Å². The average molecular weight is 305 g/mol. The van der Waals surface area contributed by atoms with Crippen LogP contribution in [0.5, 0.6) is 0 Å². The summed E-state index contributed by atoms with van der Waals surface area (Å²) < 4.78 is 0. The molecule has 0 spiro atoms. The van der Waals surface area contributed by atoms with Crippen LogP contribution in [-0.2, 0) is 0 Å². The number of nitroso groups, excluding NO2 is 1. The number of nitrogens with zero attached hydrogens (tertiary/aromatic N) is 4. The van der Waals surface area contributed by atoms with Gasteiger partial charge < -0.3 is 10.2 Å². The van der Waals surface area contributed by atoms with E-state index in [1.54, 1.807) is 30.6 Å². The number of benzene rings is 2. The van der Waals surface area contributed by atoms with Gasteiger partial charge in [-0.05, 0) is 35.5 Å². The van der Waals surface area contributed by atoms with E-state index in [2.05, 4.69) is 20.5 Å². The number of nitrogens with one attached hydrogen (secondary N) is 1. The minimum absolute atomic E-state index is 0.357. The Morgan fingerprint density at radius 3 is 2.39 bits per heavy atom. The van der Waals surface area contributed by atoms with Crippen molar-refractivity contribution < 1.29 is 0 Å². The van der Waals surface area contributed by atoms with E-state index < -0.39 is 0 Å². The van der Waals surface area contributed by atoms with Gasteiger partial charge in [0.2, 0.25) is 5.95 Å². The maximum Gasteiger partial charge on any atom is 0.227 e. The maximum atomic E-state index is 10.6. The van der Waals surface area contributed by atoms with E-state index >= 15 is 0 Å². The lowest BCUT2D eigenvalue weighted by molar-refractivity contribution is 1.11. The van der Waals surface area contributed by atoms with Crippen LogP contribution in [0.25, 0.3) is 0 Å². The van der Waals surface area contributed by atoms with Crippen LogP contribution in [0.3, 0.4) is 0 Å². The van der Waals surface area contributed by atoms with Gasteiger partial charge in [0.05, 0.1) is 18.1 Å². The van der Waals surface area contributed by atoms with Crippen molar-refractivity contribution in [1.82, 2.24) is 9.97 Å². The molecule has 0 aliphatic rings. The first-order valence-corrected chi connectivity index (χ1v) is 7.07. The molecule has 0 aliphatic heterocycles. The quantitative estimate of drug-likeness (QED) is 0.708. The molecule has 23 heavy (non-hydrogen) atoms. The molecule has 0 saturated carbocycles. The minimum atomic E-state index is 0.357. The van der Waals surface area contributed by atoms with Gasteiger partial charge in [-0.15, -0.1) is 4.91 Å². The van der Waals surface area contributed by atoms with Crippen LogP contribution in [0.4, 0.5) is 28.7 Å². The van der Waals surface area contributed by atoms with Crippen LogP contribution >= 0.6 is 0 Å². The summed E-state index contributed by atoms with van der Waals surface area (Å²) in [6.45, 7) is 0. The standard InChI is InChI=1S/C17H15N5O/c1-22(15-8-3-2-4-9-15)16-11-18-17(19-12-16)20-13-6-5-7-14(10-13)21-23/h2-12H,1H3,(H,18,19,20). The SMILES string of the molecule is CN(c1ccccc1)c1cnc(Nc2cccc(N=O)c2)nc1. The first kappa shape index (κ1) is 14.6. The van der Waals surface area contributed by atoms with Crippen LogP contribution < -0.4 is 10.2 Å². The van der Waals surface area contributed by atoms with Crippen LogP contribution in [0.2, 0.25) is 0 Å². The fraction of sp³-hybridized carbons (Fsp3) is 0.0588. The topological polar surface area (TPSA) is 70.5 Å². The van der Waals surface area contributed by atoms with Gasteiger partial charge in [0, 0.05) is 18.4 Å². The van der Waals surface area contributed by atoms with Crippen LogP contribution in [0.1, 0.15) is 0 Å². The largest absolute Gasteiger partial charge is 0.342 e. The molecule has 114 valence electrons. The van der Waals surface area contributed by atoms with E-state index in [1.807, 2.05) is 48.3 Å². The van der Waals surface area contributed by atoms with Crippen LogP contribution in [-0.4, -0.2) is 17.0 Å². The second-order valence-corrected chi connectivity index (χ2v) is 4.93. The summed E-state index contributed by atoms with van der Waals surface area (Å²) in [4.78, 5) is 21.2. The Morgan fingerprint density at radius 2 is 1.70 bits per heavy atom. The molecule has 0 fully saturated rings. The van der Waals surface area contributed by atoms with E-state index in [0.29, 0.717) is 17.3 Å². The second-order valence-electron chi connectivity index (χ2n) is 4.93. The molecular weight excluding hydrogens is 290 g/mol. The molecule has 6 nitrogen and oxygen atoms in total. The van der Waals surface area contributed by atoms with E-state index in [4.69, 9.17) is 0 Å². The van der Waals surface area contributed by atoms with Crippen molar-refractivity contribution in [1.29, 1.82) is 0 Å². The first-order chi connectivity index (χ1) is 11.3. The van der Waals surface area contributed by atoms with Gasteiger partial charge in [-0.25, -0.2) is 9.97 Å². The van der Waals surface area contributed by atoms with Crippen molar-refractivity contribution in [3.8, 4) is 0 Å². The highest BCUT2D eigenvalue weighted by atomic mass is 16.3. The molecule has 0 unspecified atom stereocenters. The van der Waals surface area contributed by atoms with Crippen molar-refractivity contribution in [2.75, 3.05) is 17.3 Å². The fourth-order valence-corrected chi connectivity index (χ4v) is 2.13. The molecule has 0 amide bonds. The number of anilines is 4. The van der Waals surface area contributed by atoms with Crippen molar-refractivity contribution in [3.63, 3.8) is 0 Å². The molecule has 0 radical (unpaired) electrons. The van der Waals surface area contributed by atoms with Gasteiger partial charge in [0.15, 0.2) is 0 Å². The zero-order valence-corrected chi connectivity index (χ0v) is 12.5. The smallest absolute Gasteiger partial charge is 0.227 e. The van der Waals surface area contributed by atoms with Gasteiger partial charge in [-0.2, -0.15) is 0 Å². The van der Waals surface area contributed by atoms with Crippen molar-refractivity contribution in [2.45, 2.75) is 0 Å². The van der Waals surface area contributed by atoms with Gasteiger partial charge in [-0.1, -0.05) is 24.3 Å². The van der Waals surface area contributed by atoms with E-state index in [0.717, 1.165) is 11.4 Å². The molecule has 0 bridgehead atoms. The molecular formula is C17H15N5O. The van der Waals surface area contributed by atoms with Gasteiger partial charge >= 0.3 is 0 Å². The third-order valence-corrected chi connectivity index (χ3v) is 3.38. The molecule has 2 aromatic carbocycles. The Bertz CT molecular complexity index is 790. The van der Waals surface area contributed by atoms with Crippen molar-refractivity contribution in [2.24, 2.45) is 5.18 Å². The molecule has 0 atom stereocenters. The second kappa shape index (κ2) is 6.65. The third kappa shape index (κ3) is 3.49. The number of aromatic nitrogens is 2. The predicted molar refractivity (Wildman–Crippen MR) is 91.7 cm³/mol. The predicted octanol–water partition coefficient (Wildman–Crippen LogP) is 4.39. The summed E-state index contributed by atoms with van der Waals surface area (Å²) in [7, 11) is 1.96. The first-order valence-electron chi connectivity index (χ1n) is 7.07. The number of rotatable bonds is 5. The molecule has 1 heterocycles.